The molecule has 0 saturated carbocycles. The van der Waals surface area contributed by atoms with E-state index in [0.717, 1.165) is 0 Å². The Kier molecular flexibility index (Phi) is 4.24. The minimum absolute atomic E-state index is 0.117. The average Bonchev–Trinajstić information content (AvgIpc) is 2.59. The van der Waals surface area contributed by atoms with Gasteiger partial charge in [0.15, 0.2) is 0 Å². The van der Waals surface area contributed by atoms with Crippen LogP contribution in [0.1, 0.15) is 5.82 Å². The molecule has 7 heteroatoms. The number of nitrogens with zero attached hydrogens (tertiary/aromatic N) is 3. The Balaban J connectivity index is 1.83. The standard InChI is InChI=1S/C17H16N4O3/c1-11-19-14-6-4-3-5-13(14)17(23)21(11)10-15(22)20-12-7-8-16(24-2)18-9-12/h3-9H,10H2,1-2H3,(H,20,22). The lowest BCUT2D eigenvalue weighted by molar-refractivity contribution is -0.116. The van der Waals surface area contributed by atoms with Gasteiger partial charge in [0.2, 0.25) is 11.8 Å². The van der Waals surface area contributed by atoms with Crippen LogP contribution in [-0.4, -0.2) is 27.6 Å². The summed E-state index contributed by atoms with van der Waals surface area (Å²) in [5, 5.41) is 3.19. The van der Waals surface area contributed by atoms with Gasteiger partial charge in [0.05, 0.1) is 29.9 Å². The molecule has 0 spiro atoms. The number of ether oxygens (including phenoxy) is 1. The maximum absolute atomic E-state index is 12.5. The van der Waals surface area contributed by atoms with E-state index in [0.29, 0.717) is 28.3 Å². The van der Waals surface area contributed by atoms with Crippen molar-refractivity contribution in [3.05, 3.63) is 58.8 Å². The van der Waals surface area contributed by atoms with Gasteiger partial charge in [-0.05, 0) is 25.1 Å². The molecule has 1 N–H and O–H groups in total. The summed E-state index contributed by atoms with van der Waals surface area (Å²) >= 11 is 0. The van der Waals surface area contributed by atoms with Gasteiger partial charge in [0.1, 0.15) is 12.4 Å². The minimum atomic E-state index is -0.329. The number of fused-ring (bicyclic) bond motifs is 1. The normalized spacial score (nSPS) is 10.6. The van der Waals surface area contributed by atoms with Crippen molar-refractivity contribution < 1.29 is 9.53 Å². The number of anilines is 1. The van der Waals surface area contributed by atoms with Gasteiger partial charge in [0.25, 0.3) is 5.56 Å². The van der Waals surface area contributed by atoms with Crippen molar-refractivity contribution in [2.45, 2.75) is 13.5 Å². The van der Waals surface area contributed by atoms with E-state index in [2.05, 4.69) is 15.3 Å². The first-order valence-electron chi connectivity index (χ1n) is 7.34. The second-order valence-corrected chi connectivity index (χ2v) is 5.20. The van der Waals surface area contributed by atoms with E-state index < -0.39 is 0 Å². The fraction of sp³-hybridized carbons (Fsp3) is 0.176. The van der Waals surface area contributed by atoms with Crippen molar-refractivity contribution in [3.63, 3.8) is 0 Å². The van der Waals surface area contributed by atoms with E-state index in [-0.39, 0.29) is 18.0 Å². The molecule has 1 aromatic carbocycles. The predicted molar refractivity (Wildman–Crippen MR) is 90.2 cm³/mol. The van der Waals surface area contributed by atoms with E-state index in [1.54, 1.807) is 37.3 Å². The Morgan fingerprint density at radius 2 is 2.04 bits per heavy atom. The Bertz CT molecular complexity index is 948. The summed E-state index contributed by atoms with van der Waals surface area (Å²) in [6.45, 7) is 1.59. The summed E-state index contributed by atoms with van der Waals surface area (Å²) in [5.41, 5.74) is 0.914. The highest BCUT2D eigenvalue weighted by Gasteiger charge is 2.11. The fourth-order valence-corrected chi connectivity index (χ4v) is 2.38. The number of carbonyl (C=O) groups excluding carboxylic acids is 1. The number of benzene rings is 1. The Hall–Kier alpha value is -3.22. The summed E-state index contributed by atoms with van der Waals surface area (Å²) in [7, 11) is 1.52. The zero-order valence-corrected chi connectivity index (χ0v) is 13.3. The molecular weight excluding hydrogens is 308 g/mol. The van der Waals surface area contributed by atoms with Gasteiger partial charge in [-0.2, -0.15) is 0 Å². The first-order valence-corrected chi connectivity index (χ1v) is 7.34. The summed E-state index contributed by atoms with van der Waals surface area (Å²) in [6.07, 6.45) is 1.49. The number of hydrogen-bond acceptors (Lipinski definition) is 5. The number of amides is 1. The number of para-hydroxylation sites is 1. The lowest BCUT2D eigenvalue weighted by Crippen LogP contribution is -2.30. The van der Waals surface area contributed by atoms with Gasteiger partial charge in [0, 0.05) is 6.07 Å². The number of rotatable bonds is 4. The van der Waals surface area contributed by atoms with Gasteiger partial charge >= 0.3 is 0 Å². The molecule has 0 radical (unpaired) electrons. The van der Waals surface area contributed by atoms with Crippen molar-refractivity contribution in [2.75, 3.05) is 12.4 Å². The van der Waals surface area contributed by atoms with E-state index in [1.165, 1.54) is 17.9 Å². The molecule has 2 heterocycles. The zero-order valence-electron chi connectivity index (χ0n) is 13.3. The molecule has 0 aliphatic carbocycles. The van der Waals surface area contributed by atoms with Crippen LogP contribution in [-0.2, 0) is 11.3 Å². The van der Waals surface area contributed by atoms with Crippen molar-refractivity contribution in [1.82, 2.24) is 14.5 Å². The quantitative estimate of drug-likeness (QED) is 0.790. The maximum atomic E-state index is 12.5. The molecule has 0 saturated heterocycles. The molecule has 0 atom stereocenters. The molecule has 7 nitrogen and oxygen atoms in total. The number of methoxy groups -OCH3 is 1. The van der Waals surface area contributed by atoms with Crippen molar-refractivity contribution in [3.8, 4) is 5.88 Å². The molecular formula is C17H16N4O3. The van der Waals surface area contributed by atoms with Gasteiger partial charge in [-0.3, -0.25) is 14.2 Å². The van der Waals surface area contributed by atoms with Gasteiger partial charge in [-0.15, -0.1) is 0 Å². The average molecular weight is 324 g/mol. The van der Waals surface area contributed by atoms with Gasteiger partial charge in [-0.1, -0.05) is 12.1 Å². The monoisotopic (exact) mass is 324 g/mol. The van der Waals surface area contributed by atoms with Crippen LogP contribution in [0, 0.1) is 6.92 Å². The van der Waals surface area contributed by atoms with Crippen molar-refractivity contribution in [1.29, 1.82) is 0 Å². The minimum Gasteiger partial charge on any atom is -0.481 e. The maximum Gasteiger partial charge on any atom is 0.261 e. The third-order valence-electron chi connectivity index (χ3n) is 3.58. The number of aromatic nitrogens is 3. The molecule has 122 valence electrons. The van der Waals surface area contributed by atoms with Crippen LogP contribution in [0.2, 0.25) is 0 Å². The Morgan fingerprint density at radius 1 is 1.25 bits per heavy atom. The lowest BCUT2D eigenvalue weighted by atomic mass is 10.2. The van der Waals surface area contributed by atoms with Crippen LogP contribution < -0.4 is 15.6 Å². The van der Waals surface area contributed by atoms with Crippen molar-refractivity contribution >= 4 is 22.5 Å². The molecule has 0 unspecified atom stereocenters. The van der Waals surface area contributed by atoms with E-state index in [1.807, 2.05) is 6.07 Å². The molecule has 0 bridgehead atoms. The number of hydrogen-bond donors (Lipinski definition) is 1. The zero-order chi connectivity index (χ0) is 17.1. The Morgan fingerprint density at radius 3 is 2.75 bits per heavy atom. The second-order valence-electron chi connectivity index (χ2n) is 5.20. The van der Waals surface area contributed by atoms with Crippen LogP contribution >= 0.6 is 0 Å². The van der Waals surface area contributed by atoms with Gasteiger partial charge in [-0.25, -0.2) is 9.97 Å². The summed E-state index contributed by atoms with van der Waals surface area (Å²) in [5.74, 6) is 0.616. The van der Waals surface area contributed by atoms with Crippen LogP contribution in [0.15, 0.2) is 47.4 Å². The number of carbonyl (C=O) groups is 1. The summed E-state index contributed by atoms with van der Waals surface area (Å²) in [6, 6.07) is 10.4. The second kappa shape index (κ2) is 6.49. The molecule has 3 rings (SSSR count). The number of pyridine rings is 1. The van der Waals surface area contributed by atoms with Crippen molar-refractivity contribution in [2.24, 2.45) is 0 Å². The fourth-order valence-electron chi connectivity index (χ4n) is 2.38. The topological polar surface area (TPSA) is 86.1 Å². The first-order chi connectivity index (χ1) is 11.6. The molecule has 24 heavy (non-hydrogen) atoms. The largest absolute Gasteiger partial charge is 0.481 e. The third kappa shape index (κ3) is 3.10. The predicted octanol–water partition coefficient (Wildman–Crippen LogP) is 1.75. The van der Waals surface area contributed by atoms with E-state index in [4.69, 9.17) is 4.74 Å². The SMILES string of the molecule is COc1ccc(NC(=O)Cn2c(C)nc3ccccc3c2=O)cn1. The van der Waals surface area contributed by atoms with Gasteiger partial charge < -0.3 is 10.1 Å². The highest BCUT2D eigenvalue weighted by molar-refractivity contribution is 5.90. The molecule has 0 aliphatic heterocycles. The molecule has 0 aliphatic rings. The highest BCUT2D eigenvalue weighted by Crippen LogP contribution is 2.11. The highest BCUT2D eigenvalue weighted by atomic mass is 16.5. The summed E-state index contributed by atoms with van der Waals surface area (Å²) in [4.78, 5) is 33.1. The van der Waals surface area contributed by atoms with E-state index >= 15 is 0 Å². The number of aryl methyl sites for hydroxylation is 1. The number of nitrogens with one attached hydrogen (secondary N) is 1. The van der Waals surface area contributed by atoms with E-state index in [9.17, 15) is 9.59 Å². The van der Waals surface area contributed by atoms with Crippen LogP contribution in [0.3, 0.4) is 0 Å². The summed E-state index contributed by atoms with van der Waals surface area (Å²) < 4.78 is 6.32. The smallest absolute Gasteiger partial charge is 0.261 e. The lowest BCUT2D eigenvalue weighted by Gasteiger charge is -2.11. The molecule has 1 amide bonds. The molecule has 2 aromatic heterocycles. The Labute approximate surface area is 137 Å². The first kappa shape index (κ1) is 15.7. The third-order valence-corrected chi connectivity index (χ3v) is 3.58. The molecule has 0 fully saturated rings. The van der Waals surface area contributed by atoms with Crippen LogP contribution in [0.25, 0.3) is 10.9 Å². The molecule has 3 aromatic rings. The van der Waals surface area contributed by atoms with Crippen LogP contribution in [0.5, 0.6) is 5.88 Å². The van der Waals surface area contributed by atoms with Crippen LogP contribution in [0.4, 0.5) is 5.69 Å².